The lowest BCUT2D eigenvalue weighted by atomic mass is 10.1. The van der Waals surface area contributed by atoms with E-state index in [0.717, 1.165) is 9.13 Å². The number of alkyl halides is 1. The molecule has 1 amide bonds. The van der Waals surface area contributed by atoms with Gasteiger partial charge >= 0.3 is 0 Å². The van der Waals surface area contributed by atoms with E-state index in [0.29, 0.717) is 11.4 Å². The van der Waals surface area contributed by atoms with Crippen molar-refractivity contribution in [2.45, 2.75) is 11.8 Å². The Kier molecular flexibility index (Phi) is 4.47. The van der Waals surface area contributed by atoms with Gasteiger partial charge in [-0.05, 0) is 52.8 Å². The minimum absolute atomic E-state index is 0.368. The molecule has 14 heavy (non-hydrogen) atoms. The molecule has 0 bridgehead atoms. The minimum Gasteiger partial charge on any atom is -0.368 e. The van der Waals surface area contributed by atoms with Crippen LogP contribution >= 0.6 is 45.8 Å². The van der Waals surface area contributed by atoms with Crippen LogP contribution in [0.2, 0.25) is 5.02 Å². The van der Waals surface area contributed by atoms with Crippen molar-refractivity contribution in [2.75, 3.05) is 0 Å². The molecule has 0 aliphatic rings. The molecular weight excluding hydrogens is 336 g/mol. The predicted octanol–water partition coefficient (Wildman–Crippen LogP) is 2.58. The third-order valence-electron chi connectivity index (χ3n) is 1.72. The molecule has 0 saturated carbocycles. The van der Waals surface area contributed by atoms with Gasteiger partial charge < -0.3 is 5.73 Å². The van der Waals surface area contributed by atoms with Crippen molar-refractivity contribution in [2.24, 2.45) is 5.73 Å². The first-order chi connectivity index (χ1) is 6.50. The quantitative estimate of drug-likeness (QED) is 0.665. The van der Waals surface area contributed by atoms with Crippen LogP contribution in [-0.4, -0.2) is 11.3 Å². The Bertz CT molecular complexity index is 357. The molecule has 76 valence electrons. The summed E-state index contributed by atoms with van der Waals surface area (Å²) in [6.45, 7) is 0. The average Bonchev–Trinajstić information content (AvgIpc) is 2.11. The molecule has 0 heterocycles. The van der Waals surface area contributed by atoms with Gasteiger partial charge in [0, 0.05) is 8.59 Å². The third-order valence-corrected chi connectivity index (χ3v) is 3.12. The molecule has 0 aliphatic heterocycles. The highest BCUT2D eigenvalue weighted by Gasteiger charge is 2.14. The van der Waals surface area contributed by atoms with Crippen LogP contribution in [0.5, 0.6) is 0 Å². The van der Waals surface area contributed by atoms with Crippen LogP contribution in [0, 0.1) is 3.57 Å². The van der Waals surface area contributed by atoms with Gasteiger partial charge in [-0.25, -0.2) is 0 Å². The fourth-order valence-electron chi connectivity index (χ4n) is 0.993. The SMILES string of the molecule is NC(=O)C(Cl)Cc1cc(I)ccc1Cl. The Labute approximate surface area is 106 Å². The van der Waals surface area contributed by atoms with Crippen LogP contribution in [0.3, 0.4) is 0 Å². The Balaban J connectivity index is 2.85. The van der Waals surface area contributed by atoms with Crippen LogP contribution in [0.25, 0.3) is 0 Å². The Morgan fingerprint density at radius 2 is 2.21 bits per heavy atom. The van der Waals surface area contributed by atoms with E-state index in [1.165, 1.54) is 0 Å². The van der Waals surface area contributed by atoms with Gasteiger partial charge in [0.1, 0.15) is 5.38 Å². The second-order valence-corrected chi connectivity index (χ2v) is 4.99. The summed E-state index contributed by atoms with van der Waals surface area (Å²) in [5.41, 5.74) is 5.90. The molecule has 0 saturated heterocycles. The second-order valence-electron chi connectivity index (χ2n) is 2.81. The topological polar surface area (TPSA) is 43.1 Å². The summed E-state index contributed by atoms with van der Waals surface area (Å²) >= 11 is 13.8. The van der Waals surface area contributed by atoms with E-state index in [2.05, 4.69) is 22.6 Å². The molecule has 2 nitrogen and oxygen atoms in total. The van der Waals surface area contributed by atoms with Gasteiger partial charge in [-0.15, -0.1) is 11.6 Å². The molecule has 1 aromatic rings. The van der Waals surface area contributed by atoms with Gasteiger partial charge in [-0.3, -0.25) is 4.79 Å². The number of halogens is 3. The zero-order valence-electron chi connectivity index (χ0n) is 7.14. The van der Waals surface area contributed by atoms with Gasteiger partial charge in [0.05, 0.1) is 0 Å². The lowest BCUT2D eigenvalue weighted by Gasteiger charge is -2.07. The molecule has 0 fully saturated rings. The van der Waals surface area contributed by atoms with Gasteiger partial charge in [0.15, 0.2) is 0 Å². The molecule has 1 rings (SSSR count). The van der Waals surface area contributed by atoms with E-state index < -0.39 is 11.3 Å². The van der Waals surface area contributed by atoms with Crippen LogP contribution in [0.15, 0.2) is 18.2 Å². The average molecular weight is 344 g/mol. The molecular formula is C9H8Cl2INO. The van der Waals surface area contributed by atoms with Gasteiger partial charge in [-0.1, -0.05) is 11.6 Å². The zero-order chi connectivity index (χ0) is 10.7. The largest absolute Gasteiger partial charge is 0.368 e. The summed E-state index contributed by atoms with van der Waals surface area (Å²) in [7, 11) is 0. The standard InChI is InChI=1S/C9H8Cl2INO/c10-7-2-1-6(12)3-5(7)4-8(11)9(13)14/h1-3,8H,4H2,(H2,13,14). The van der Waals surface area contributed by atoms with Crippen molar-refractivity contribution < 1.29 is 4.79 Å². The molecule has 1 atom stereocenters. The molecule has 0 aliphatic carbocycles. The lowest BCUT2D eigenvalue weighted by molar-refractivity contribution is -0.117. The number of carbonyl (C=O) groups is 1. The molecule has 0 aromatic heterocycles. The Hall–Kier alpha value is -0.0000000000000000555. The van der Waals surface area contributed by atoms with Crippen molar-refractivity contribution in [3.8, 4) is 0 Å². The first-order valence-electron chi connectivity index (χ1n) is 3.88. The normalized spacial score (nSPS) is 12.5. The molecule has 1 unspecified atom stereocenters. The van der Waals surface area contributed by atoms with Crippen LogP contribution in [-0.2, 0) is 11.2 Å². The molecule has 0 radical (unpaired) electrons. The number of rotatable bonds is 3. The first kappa shape index (κ1) is 12.1. The van der Waals surface area contributed by atoms with Crippen molar-refractivity contribution in [1.82, 2.24) is 0 Å². The highest BCUT2D eigenvalue weighted by Crippen LogP contribution is 2.21. The monoisotopic (exact) mass is 343 g/mol. The summed E-state index contributed by atoms with van der Waals surface area (Å²) in [6, 6.07) is 5.56. The van der Waals surface area contributed by atoms with Crippen LogP contribution < -0.4 is 5.73 Å². The summed E-state index contributed by atoms with van der Waals surface area (Å²) < 4.78 is 1.05. The van der Waals surface area contributed by atoms with E-state index in [1.54, 1.807) is 6.07 Å². The van der Waals surface area contributed by atoms with Crippen LogP contribution in [0.4, 0.5) is 0 Å². The number of hydrogen-bond acceptors (Lipinski definition) is 1. The maximum Gasteiger partial charge on any atom is 0.235 e. The number of benzene rings is 1. The van der Waals surface area contributed by atoms with Gasteiger partial charge in [0.25, 0.3) is 0 Å². The van der Waals surface area contributed by atoms with Gasteiger partial charge in [0.2, 0.25) is 5.91 Å². The number of hydrogen-bond donors (Lipinski definition) is 1. The van der Waals surface area contributed by atoms with Gasteiger partial charge in [-0.2, -0.15) is 0 Å². The summed E-state index contributed by atoms with van der Waals surface area (Å²) in [6.07, 6.45) is 0.368. The first-order valence-corrected chi connectivity index (χ1v) is 5.77. The fraction of sp³-hybridized carbons (Fsp3) is 0.222. The number of nitrogens with two attached hydrogens (primary N) is 1. The Morgan fingerprint density at radius 3 is 2.79 bits per heavy atom. The summed E-state index contributed by atoms with van der Waals surface area (Å²) in [4.78, 5) is 10.7. The molecule has 0 spiro atoms. The van der Waals surface area contributed by atoms with Crippen LogP contribution in [0.1, 0.15) is 5.56 Å². The minimum atomic E-state index is -0.703. The van der Waals surface area contributed by atoms with E-state index in [4.69, 9.17) is 28.9 Å². The van der Waals surface area contributed by atoms with E-state index in [-0.39, 0.29) is 0 Å². The maximum absolute atomic E-state index is 10.7. The van der Waals surface area contributed by atoms with Crippen molar-refractivity contribution in [3.05, 3.63) is 32.4 Å². The van der Waals surface area contributed by atoms with E-state index in [1.807, 2.05) is 12.1 Å². The molecule has 5 heteroatoms. The molecule has 2 N–H and O–H groups in total. The molecule has 1 aromatic carbocycles. The number of amides is 1. The summed E-state index contributed by atoms with van der Waals surface area (Å²) in [5.74, 6) is -0.526. The van der Waals surface area contributed by atoms with Crippen molar-refractivity contribution >= 4 is 51.7 Å². The zero-order valence-corrected chi connectivity index (χ0v) is 10.8. The number of carbonyl (C=O) groups excluding carboxylic acids is 1. The van der Waals surface area contributed by atoms with E-state index >= 15 is 0 Å². The number of primary amides is 1. The lowest BCUT2D eigenvalue weighted by Crippen LogP contribution is -2.25. The highest BCUT2D eigenvalue weighted by atomic mass is 127. The highest BCUT2D eigenvalue weighted by molar-refractivity contribution is 14.1. The smallest absolute Gasteiger partial charge is 0.235 e. The maximum atomic E-state index is 10.7. The Morgan fingerprint density at radius 1 is 1.57 bits per heavy atom. The van der Waals surface area contributed by atoms with E-state index in [9.17, 15) is 4.79 Å². The predicted molar refractivity (Wildman–Crippen MR) is 66.7 cm³/mol. The third kappa shape index (κ3) is 3.29. The van der Waals surface area contributed by atoms with Crippen molar-refractivity contribution in [3.63, 3.8) is 0 Å². The summed E-state index contributed by atoms with van der Waals surface area (Å²) in [5, 5.41) is -0.0944. The second kappa shape index (κ2) is 5.19. The fourth-order valence-corrected chi connectivity index (χ4v) is 1.91. The van der Waals surface area contributed by atoms with Crippen molar-refractivity contribution in [1.29, 1.82) is 0 Å².